The van der Waals surface area contributed by atoms with E-state index in [1.54, 1.807) is 16.3 Å². The van der Waals surface area contributed by atoms with Gasteiger partial charge in [-0.2, -0.15) is 21.4 Å². The Bertz CT molecular complexity index is 710. The van der Waals surface area contributed by atoms with Gasteiger partial charge in [0, 0.05) is 4.47 Å². The highest BCUT2D eigenvalue weighted by Crippen LogP contribution is 2.20. The zero-order valence-corrected chi connectivity index (χ0v) is 13.8. The fourth-order valence-corrected chi connectivity index (χ4v) is 3.12. The van der Waals surface area contributed by atoms with E-state index >= 15 is 0 Å². The summed E-state index contributed by atoms with van der Waals surface area (Å²) in [6, 6.07) is 7.74. The van der Waals surface area contributed by atoms with Crippen LogP contribution in [0.5, 0.6) is 5.75 Å². The van der Waals surface area contributed by atoms with E-state index in [1.807, 2.05) is 30.5 Å². The van der Waals surface area contributed by atoms with Crippen molar-refractivity contribution in [3.05, 3.63) is 39.6 Å². The summed E-state index contributed by atoms with van der Waals surface area (Å²) in [5.74, 6) is 2.50. The van der Waals surface area contributed by atoms with Crippen molar-refractivity contribution >= 4 is 44.0 Å². The molecule has 0 unspecified atom stereocenters. The second-order valence-corrected chi connectivity index (χ2v) is 6.80. The summed E-state index contributed by atoms with van der Waals surface area (Å²) in [5, 5.41) is 13.6. The highest BCUT2D eigenvalue weighted by atomic mass is 79.9. The van der Waals surface area contributed by atoms with Crippen molar-refractivity contribution in [1.29, 1.82) is 0 Å². The van der Waals surface area contributed by atoms with E-state index in [2.05, 4.69) is 31.2 Å². The summed E-state index contributed by atoms with van der Waals surface area (Å²) in [5.41, 5.74) is 0. The molecule has 3 aromatic rings. The van der Waals surface area contributed by atoms with E-state index in [9.17, 15) is 0 Å². The van der Waals surface area contributed by atoms with Gasteiger partial charge in [0.2, 0.25) is 4.96 Å². The number of fused-ring (bicyclic) bond motifs is 1. The molecule has 0 saturated heterocycles. The van der Waals surface area contributed by atoms with Crippen LogP contribution >= 0.6 is 39.0 Å². The van der Waals surface area contributed by atoms with Crippen molar-refractivity contribution in [3.8, 4) is 5.75 Å². The molecule has 1 aromatic carbocycles. The monoisotopic (exact) mass is 370 g/mol. The second-order valence-electron chi connectivity index (χ2n) is 3.98. The first-order chi connectivity index (χ1) is 9.76. The predicted molar refractivity (Wildman–Crippen MR) is 84.4 cm³/mol. The van der Waals surface area contributed by atoms with E-state index in [0.717, 1.165) is 31.8 Å². The molecule has 0 aliphatic carbocycles. The van der Waals surface area contributed by atoms with Crippen molar-refractivity contribution in [2.75, 3.05) is 6.26 Å². The van der Waals surface area contributed by atoms with Gasteiger partial charge in [0.15, 0.2) is 10.8 Å². The van der Waals surface area contributed by atoms with Crippen LogP contribution in [-0.2, 0) is 12.4 Å². The van der Waals surface area contributed by atoms with Gasteiger partial charge >= 0.3 is 0 Å². The van der Waals surface area contributed by atoms with E-state index in [0.29, 0.717) is 6.61 Å². The summed E-state index contributed by atoms with van der Waals surface area (Å²) in [7, 11) is 0. The van der Waals surface area contributed by atoms with E-state index in [1.165, 1.54) is 11.3 Å². The number of ether oxygens (including phenoxy) is 1. The molecule has 8 heteroatoms. The van der Waals surface area contributed by atoms with Gasteiger partial charge < -0.3 is 4.74 Å². The van der Waals surface area contributed by atoms with E-state index in [4.69, 9.17) is 4.74 Å². The van der Waals surface area contributed by atoms with Crippen molar-refractivity contribution < 1.29 is 4.74 Å². The minimum Gasteiger partial charge on any atom is -0.486 e. The molecule has 2 aromatic heterocycles. The fraction of sp³-hybridized carbons (Fsp3) is 0.250. The van der Waals surface area contributed by atoms with Gasteiger partial charge in [-0.25, -0.2) is 0 Å². The van der Waals surface area contributed by atoms with Gasteiger partial charge in [-0.15, -0.1) is 10.2 Å². The molecule has 0 fully saturated rings. The van der Waals surface area contributed by atoms with Crippen molar-refractivity contribution in [1.82, 2.24) is 19.8 Å². The quantitative estimate of drug-likeness (QED) is 0.688. The van der Waals surface area contributed by atoms with Crippen LogP contribution in [0.3, 0.4) is 0 Å². The first-order valence-electron chi connectivity index (χ1n) is 5.83. The molecule has 0 aliphatic heterocycles. The molecular weight excluding hydrogens is 360 g/mol. The average molecular weight is 371 g/mol. The van der Waals surface area contributed by atoms with E-state index in [-0.39, 0.29) is 0 Å². The van der Waals surface area contributed by atoms with Crippen molar-refractivity contribution in [3.63, 3.8) is 0 Å². The van der Waals surface area contributed by atoms with Gasteiger partial charge in [0.1, 0.15) is 12.4 Å². The largest absolute Gasteiger partial charge is 0.486 e. The number of aromatic nitrogens is 4. The lowest BCUT2D eigenvalue weighted by Crippen LogP contribution is -1.98. The van der Waals surface area contributed by atoms with Crippen LogP contribution in [0, 0.1) is 0 Å². The molecule has 0 radical (unpaired) electrons. The van der Waals surface area contributed by atoms with Crippen LogP contribution in [0.15, 0.2) is 28.7 Å². The molecule has 0 atom stereocenters. The predicted octanol–water partition coefficient (Wildman–Crippen LogP) is 3.39. The molecule has 0 N–H and O–H groups in total. The molecule has 2 heterocycles. The molecule has 0 saturated carbocycles. The van der Waals surface area contributed by atoms with Gasteiger partial charge in [-0.3, -0.25) is 0 Å². The minimum atomic E-state index is 0.439. The molecule has 5 nitrogen and oxygen atoms in total. The van der Waals surface area contributed by atoms with Gasteiger partial charge in [-0.05, 0) is 30.5 Å². The highest BCUT2D eigenvalue weighted by molar-refractivity contribution is 9.10. The molecular formula is C12H11BrN4OS2. The zero-order chi connectivity index (χ0) is 13.9. The molecule has 20 heavy (non-hydrogen) atoms. The number of benzene rings is 1. The molecule has 0 spiro atoms. The third kappa shape index (κ3) is 2.97. The van der Waals surface area contributed by atoms with Gasteiger partial charge in [0.05, 0.1) is 5.75 Å². The summed E-state index contributed by atoms with van der Waals surface area (Å²) in [6.07, 6.45) is 2.03. The van der Waals surface area contributed by atoms with Crippen LogP contribution < -0.4 is 4.74 Å². The Kier molecular flexibility index (Phi) is 4.23. The zero-order valence-electron chi connectivity index (χ0n) is 10.6. The van der Waals surface area contributed by atoms with Crippen LogP contribution in [0.1, 0.15) is 10.8 Å². The number of rotatable bonds is 5. The normalized spacial score (nSPS) is 11.1. The fourth-order valence-electron chi connectivity index (χ4n) is 1.65. The number of hydrogen-bond donors (Lipinski definition) is 0. The Morgan fingerprint density at radius 2 is 2.10 bits per heavy atom. The lowest BCUT2D eigenvalue weighted by Gasteiger charge is -2.03. The molecule has 3 rings (SSSR count). The molecule has 104 valence electrons. The standard InChI is InChI=1S/C12H11BrN4OS2/c1-19-7-10-14-15-12-17(10)16-11(20-12)6-18-9-4-2-8(13)3-5-9/h2-5H,6-7H2,1H3. The van der Waals surface area contributed by atoms with E-state index < -0.39 is 0 Å². The number of thioether (sulfide) groups is 1. The van der Waals surface area contributed by atoms with Gasteiger partial charge in [0.25, 0.3) is 0 Å². The Morgan fingerprint density at radius 3 is 2.85 bits per heavy atom. The summed E-state index contributed by atoms with van der Waals surface area (Å²) in [4.78, 5) is 0.809. The number of halogens is 1. The first kappa shape index (κ1) is 13.8. The van der Waals surface area contributed by atoms with Crippen molar-refractivity contribution in [2.24, 2.45) is 0 Å². The van der Waals surface area contributed by atoms with Crippen LogP contribution in [0.25, 0.3) is 4.96 Å². The Balaban J connectivity index is 1.72. The summed E-state index contributed by atoms with van der Waals surface area (Å²) in [6.45, 7) is 0.439. The summed E-state index contributed by atoms with van der Waals surface area (Å²) >= 11 is 6.60. The topological polar surface area (TPSA) is 52.3 Å². The molecule has 0 aliphatic rings. The maximum absolute atomic E-state index is 5.71. The Hall–Kier alpha value is -1.12. The van der Waals surface area contributed by atoms with Crippen molar-refractivity contribution in [2.45, 2.75) is 12.4 Å². The van der Waals surface area contributed by atoms with Crippen LogP contribution in [-0.4, -0.2) is 26.1 Å². The maximum atomic E-state index is 5.71. The smallest absolute Gasteiger partial charge is 0.234 e. The first-order valence-corrected chi connectivity index (χ1v) is 8.84. The molecule has 0 amide bonds. The highest BCUT2D eigenvalue weighted by Gasteiger charge is 2.11. The maximum Gasteiger partial charge on any atom is 0.234 e. The lowest BCUT2D eigenvalue weighted by atomic mass is 10.3. The molecule has 0 bridgehead atoms. The lowest BCUT2D eigenvalue weighted by molar-refractivity contribution is 0.304. The summed E-state index contributed by atoms with van der Waals surface area (Å²) < 4.78 is 8.53. The Labute approximate surface area is 132 Å². The third-order valence-corrected chi connectivity index (χ3v) is 4.49. The van der Waals surface area contributed by atoms with Gasteiger partial charge in [-0.1, -0.05) is 27.3 Å². The second kappa shape index (κ2) is 6.11. The van der Waals surface area contributed by atoms with Crippen LogP contribution in [0.2, 0.25) is 0 Å². The SMILES string of the molecule is CSCc1nnc2sc(COc3ccc(Br)cc3)nn12. The number of nitrogens with zero attached hydrogens (tertiary/aromatic N) is 4. The average Bonchev–Trinajstić information content (AvgIpc) is 3.00. The Morgan fingerprint density at radius 1 is 1.30 bits per heavy atom. The van der Waals surface area contributed by atoms with Crippen LogP contribution in [0.4, 0.5) is 0 Å². The number of hydrogen-bond acceptors (Lipinski definition) is 6. The third-order valence-electron chi connectivity index (χ3n) is 2.55. The minimum absolute atomic E-state index is 0.439.